The summed E-state index contributed by atoms with van der Waals surface area (Å²) in [5.74, 6) is -2.19. The first-order valence-electron chi connectivity index (χ1n) is 7.10. The number of amides is 1. The van der Waals surface area contributed by atoms with Gasteiger partial charge in [-0.15, -0.1) is 0 Å². The predicted octanol–water partition coefficient (Wildman–Crippen LogP) is 2.67. The van der Waals surface area contributed by atoms with Gasteiger partial charge in [0, 0.05) is 6.04 Å². The van der Waals surface area contributed by atoms with Crippen molar-refractivity contribution in [3.05, 3.63) is 35.4 Å². The van der Waals surface area contributed by atoms with E-state index in [0.29, 0.717) is 5.56 Å². The van der Waals surface area contributed by atoms with Gasteiger partial charge in [-0.2, -0.15) is 5.26 Å². The van der Waals surface area contributed by atoms with Crippen molar-refractivity contribution in [2.75, 3.05) is 6.54 Å². The molecule has 0 heterocycles. The molecule has 0 aliphatic carbocycles. The van der Waals surface area contributed by atoms with Crippen molar-refractivity contribution in [1.29, 1.82) is 5.26 Å². The fraction of sp³-hybridized carbons (Fsp3) is 0.500. The molecule has 0 saturated carbocycles. The zero-order chi connectivity index (χ0) is 16.9. The number of halogens is 2. The highest BCUT2D eigenvalue weighted by Crippen LogP contribution is 2.16. The van der Waals surface area contributed by atoms with Crippen LogP contribution in [0.25, 0.3) is 0 Å². The van der Waals surface area contributed by atoms with Crippen LogP contribution in [0.2, 0.25) is 0 Å². The van der Waals surface area contributed by atoms with Crippen molar-refractivity contribution < 1.29 is 13.6 Å². The van der Waals surface area contributed by atoms with Gasteiger partial charge in [-0.3, -0.25) is 4.79 Å². The Bertz CT molecular complexity index is 583. The molecule has 0 aromatic heterocycles. The highest BCUT2D eigenvalue weighted by Gasteiger charge is 2.29. The van der Waals surface area contributed by atoms with Crippen LogP contribution in [-0.2, 0) is 4.79 Å². The molecule has 22 heavy (non-hydrogen) atoms. The van der Waals surface area contributed by atoms with Crippen LogP contribution in [0, 0.1) is 28.9 Å². The first-order chi connectivity index (χ1) is 10.2. The molecule has 6 heteroatoms. The van der Waals surface area contributed by atoms with Gasteiger partial charge in [0.15, 0.2) is 11.6 Å². The summed E-state index contributed by atoms with van der Waals surface area (Å²) >= 11 is 0. The fourth-order valence-corrected chi connectivity index (χ4v) is 1.78. The number of nitriles is 1. The second kappa shape index (κ2) is 7.32. The average Bonchev–Trinajstić information content (AvgIpc) is 2.47. The second-order valence-electron chi connectivity index (χ2n) is 5.79. The summed E-state index contributed by atoms with van der Waals surface area (Å²) in [7, 11) is 0. The van der Waals surface area contributed by atoms with Crippen LogP contribution in [0.15, 0.2) is 18.2 Å². The van der Waals surface area contributed by atoms with E-state index in [1.165, 1.54) is 6.07 Å². The molecule has 1 rings (SSSR count). The van der Waals surface area contributed by atoms with Crippen LogP contribution in [0.1, 0.15) is 39.3 Å². The lowest BCUT2D eigenvalue weighted by Crippen LogP contribution is -2.51. The molecule has 1 aromatic carbocycles. The molecule has 2 N–H and O–H groups in total. The molecule has 0 bridgehead atoms. The molecule has 0 spiro atoms. The van der Waals surface area contributed by atoms with Gasteiger partial charge in [-0.1, -0.05) is 19.9 Å². The van der Waals surface area contributed by atoms with E-state index in [-0.39, 0.29) is 24.4 Å². The van der Waals surface area contributed by atoms with Gasteiger partial charge in [-0.05, 0) is 37.5 Å². The lowest BCUT2D eigenvalue weighted by Gasteiger charge is -2.27. The maximum Gasteiger partial charge on any atom is 0.235 e. The Morgan fingerprint density at radius 1 is 1.32 bits per heavy atom. The molecule has 0 unspecified atom stereocenters. The number of hydrogen-bond donors (Lipinski definition) is 2. The summed E-state index contributed by atoms with van der Waals surface area (Å²) < 4.78 is 26.1. The zero-order valence-corrected chi connectivity index (χ0v) is 13.2. The largest absolute Gasteiger partial charge is 0.337 e. The van der Waals surface area contributed by atoms with Gasteiger partial charge < -0.3 is 10.6 Å². The van der Waals surface area contributed by atoms with Gasteiger partial charge in [-0.25, -0.2) is 8.78 Å². The Balaban J connectivity index is 2.60. The summed E-state index contributed by atoms with van der Waals surface area (Å²) in [6.45, 7) is 7.08. The highest BCUT2D eigenvalue weighted by molar-refractivity contribution is 5.79. The minimum Gasteiger partial charge on any atom is -0.337 e. The first kappa shape index (κ1) is 18.1. The summed E-state index contributed by atoms with van der Waals surface area (Å²) in [6.07, 6.45) is 0. The standard InChI is InChI=1S/C16H21F2N3O/c1-10(2)16(4,9-19)21-15(22)8-20-11(3)12-5-6-13(17)14(18)7-12/h5-7,10-11,20H,8H2,1-4H3,(H,21,22)/t11-,16+/m0/s1. The first-order valence-corrected chi connectivity index (χ1v) is 7.10. The van der Waals surface area contributed by atoms with Crippen LogP contribution in [0.5, 0.6) is 0 Å². The number of rotatable bonds is 6. The fourth-order valence-electron chi connectivity index (χ4n) is 1.78. The maximum absolute atomic E-state index is 13.2. The molecule has 0 fully saturated rings. The SMILES string of the molecule is CC(C)[C@@](C)(C#N)NC(=O)CN[C@@H](C)c1ccc(F)c(F)c1. The molecule has 0 aliphatic heterocycles. The lowest BCUT2D eigenvalue weighted by molar-refractivity contribution is -0.122. The van der Waals surface area contributed by atoms with E-state index in [0.717, 1.165) is 12.1 Å². The van der Waals surface area contributed by atoms with Crippen molar-refractivity contribution in [2.24, 2.45) is 5.92 Å². The number of nitrogens with zero attached hydrogens (tertiary/aromatic N) is 1. The maximum atomic E-state index is 13.2. The Hall–Kier alpha value is -2.00. The third-order valence-corrected chi connectivity index (χ3v) is 3.80. The van der Waals surface area contributed by atoms with Gasteiger partial charge >= 0.3 is 0 Å². The Labute approximate surface area is 129 Å². The smallest absolute Gasteiger partial charge is 0.235 e. The Morgan fingerprint density at radius 2 is 1.95 bits per heavy atom. The van der Waals surface area contributed by atoms with Crippen LogP contribution >= 0.6 is 0 Å². The van der Waals surface area contributed by atoms with Crippen molar-refractivity contribution in [1.82, 2.24) is 10.6 Å². The van der Waals surface area contributed by atoms with Crippen molar-refractivity contribution in [3.8, 4) is 6.07 Å². The van der Waals surface area contributed by atoms with E-state index in [9.17, 15) is 13.6 Å². The summed E-state index contributed by atoms with van der Waals surface area (Å²) in [5.41, 5.74) is -0.400. The molecule has 120 valence electrons. The van der Waals surface area contributed by atoms with E-state index in [4.69, 9.17) is 5.26 Å². The van der Waals surface area contributed by atoms with Crippen molar-refractivity contribution in [2.45, 2.75) is 39.3 Å². The van der Waals surface area contributed by atoms with E-state index < -0.39 is 17.2 Å². The van der Waals surface area contributed by atoms with E-state index in [1.807, 2.05) is 13.8 Å². The van der Waals surface area contributed by atoms with E-state index >= 15 is 0 Å². The number of benzene rings is 1. The van der Waals surface area contributed by atoms with Gasteiger partial charge in [0.1, 0.15) is 5.54 Å². The normalized spacial score (nSPS) is 15.0. The van der Waals surface area contributed by atoms with E-state index in [1.54, 1.807) is 13.8 Å². The molecule has 4 nitrogen and oxygen atoms in total. The Morgan fingerprint density at radius 3 is 2.45 bits per heavy atom. The van der Waals surface area contributed by atoms with Crippen LogP contribution in [-0.4, -0.2) is 18.0 Å². The van der Waals surface area contributed by atoms with Crippen molar-refractivity contribution >= 4 is 5.91 Å². The zero-order valence-electron chi connectivity index (χ0n) is 13.2. The molecule has 1 aromatic rings. The molecule has 1 amide bonds. The van der Waals surface area contributed by atoms with Crippen LogP contribution in [0.3, 0.4) is 0 Å². The highest BCUT2D eigenvalue weighted by atomic mass is 19.2. The lowest BCUT2D eigenvalue weighted by atomic mass is 9.90. The summed E-state index contributed by atoms with van der Waals surface area (Å²) in [4.78, 5) is 11.9. The molecule has 0 aliphatic rings. The van der Waals surface area contributed by atoms with Crippen LogP contribution in [0.4, 0.5) is 8.78 Å². The third kappa shape index (κ3) is 4.50. The Kier molecular flexibility index (Phi) is 6.01. The minimum absolute atomic E-state index is 0.0237. The average molecular weight is 309 g/mol. The minimum atomic E-state index is -0.940. The second-order valence-corrected chi connectivity index (χ2v) is 5.79. The summed E-state index contributed by atoms with van der Waals surface area (Å²) in [5, 5.41) is 14.7. The topological polar surface area (TPSA) is 64.9 Å². The van der Waals surface area contributed by atoms with E-state index in [2.05, 4.69) is 16.7 Å². The third-order valence-electron chi connectivity index (χ3n) is 3.80. The summed E-state index contributed by atoms with van der Waals surface area (Å²) in [6, 6.07) is 5.37. The number of carbonyl (C=O) groups excluding carboxylic acids is 1. The molecular weight excluding hydrogens is 288 g/mol. The number of hydrogen-bond acceptors (Lipinski definition) is 3. The van der Waals surface area contributed by atoms with Crippen LogP contribution < -0.4 is 10.6 Å². The number of carbonyl (C=O) groups is 1. The monoisotopic (exact) mass is 309 g/mol. The predicted molar refractivity (Wildman–Crippen MR) is 79.8 cm³/mol. The van der Waals surface area contributed by atoms with Gasteiger partial charge in [0.05, 0.1) is 12.6 Å². The van der Waals surface area contributed by atoms with Gasteiger partial charge in [0.25, 0.3) is 0 Å². The molecule has 2 atom stereocenters. The molecular formula is C16H21F2N3O. The molecule has 0 saturated heterocycles. The van der Waals surface area contributed by atoms with Crippen molar-refractivity contribution in [3.63, 3.8) is 0 Å². The van der Waals surface area contributed by atoms with Gasteiger partial charge in [0.2, 0.25) is 5.91 Å². The number of nitrogens with one attached hydrogen (secondary N) is 2. The molecule has 0 radical (unpaired) electrons. The quantitative estimate of drug-likeness (QED) is 0.849.